The van der Waals surface area contributed by atoms with Gasteiger partial charge in [0.05, 0.1) is 5.69 Å². The maximum Gasteiger partial charge on any atom is 0.246 e. The summed E-state index contributed by atoms with van der Waals surface area (Å²) in [5.41, 5.74) is 1.74. The van der Waals surface area contributed by atoms with Crippen molar-refractivity contribution in [2.45, 2.75) is 24.3 Å². The fourth-order valence-electron chi connectivity index (χ4n) is 2.74. The highest BCUT2D eigenvalue weighted by atomic mass is 32.2. The second-order valence-corrected chi connectivity index (χ2v) is 7.46. The molecule has 7 nitrogen and oxygen atoms in total. The number of rotatable bonds is 5. The van der Waals surface area contributed by atoms with E-state index in [1.807, 2.05) is 0 Å². The lowest BCUT2D eigenvalue weighted by Gasteiger charge is -2.27. The Bertz CT molecular complexity index is 917. The number of nitrogens with one attached hydrogen (secondary N) is 1. The quantitative estimate of drug-likeness (QED) is 0.833. The average molecular weight is 382 g/mol. The van der Waals surface area contributed by atoms with Crippen molar-refractivity contribution in [1.29, 1.82) is 0 Å². The number of amides is 1. The second-order valence-electron chi connectivity index (χ2n) is 5.76. The zero-order valence-electron chi connectivity index (χ0n) is 13.7. The van der Waals surface area contributed by atoms with Gasteiger partial charge < -0.3 is 4.90 Å². The fraction of sp³-hybridized carbons (Fsp3) is 0.312. The van der Waals surface area contributed by atoms with Crippen molar-refractivity contribution in [3.05, 3.63) is 53.6 Å². The van der Waals surface area contributed by atoms with E-state index < -0.39 is 26.6 Å². The van der Waals surface area contributed by atoms with Gasteiger partial charge in [0.15, 0.2) is 4.90 Å². The third kappa shape index (κ3) is 3.86. The van der Waals surface area contributed by atoms with Crippen molar-refractivity contribution >= 4 is 15.9 Å². The summed E-state index contributed by atoms with van der Waals surface area (Å²) >= 11 is 0. The Morgan fingerprint density at radius 3 is 2.73 bits per heavy atom. The van der Waals surface area contributed by atoms with Crippen LogP contribution in [0, 0.1) is 11.6 Å². The third-order valence-corrected chi connectivity index (χ3v) is 5.54. The summed E-state index contributed by atoms with van der Waals surface area (Å²) in [6, 6.07) is 2.79. The predicted molar refractivity (Wildman–Crippen MR) is 87.3 cm³/mol. The summed E-state index contributed by atoms with van der Waals surface area (Å²) < 4.78 is 53.4. The summed E-state index contributed by atoms with van der Waals surface area (Å²) in [6.45, 7) is 0.560. The monoisotopic (exact) mass is 382 g/mol. The van der Waals surface area contributed by atoms with Crippen LogP contribution in [-0.4, -0.2) is 42.3 Å². The zero-order chi connectivity index (χ0) is 18.7. The van der Waals surface area contributed by atoms with Gasteiger partial charge in [0.2, 0.25) is 15.9 Å². The maximum absolute atomic E-state index is 13.6. The molecule has 1 amide bonds. The van der Waals surface area contributed by atoms with Gasteiger partial charge >= 0.3 is 0 Å². The number of sulfonamides is 1. The van der Waals surface area contributed by atoms with Gasteiger partial charge in [-0.25, -0.2) is 31.9 Å². The van der Waals surface area contributed by atoms with Crippen molar-refractivity contribution < 1.29 is 22.0 Å². The first-order valence-electron chi connectivity index (χ1n) is 7.87. The van der Waals surface area contributed by atoms with E-state index in [-0.39, 0.29) is 18.9 Å². The first-order valence-corrected chi connectivity index (χ1v) is 9.36. The molecule has 0 bridgehead atoms. The largest absolute Gasteiger partial charge is 0.338 e. The zero-order valence-corrected chi connectivity index (χ0v) is 14.5. The number of hydrogen-bond acceptors (Lipinski definition) is 5. The van der Waals surface area contributed by atoms with Gasteiger partial charge in [-0.05, 0) is 12.1 Å². The van der Waals surface area contributed by atoms with Crippen molar-refractivity contribution in [3.63, 3.8) is 0 Å². The number of aromatic nitrogens is 2. The SMILES string of the molecule is O=C(CCNS(=O)(=O)c1c(F)cccc1F)N1CCc2ncncc2C1. The van der Waals surface area contributed by atoms with Crippen LogP contribution in [0.15, 0.2) is 35.6 Å². The normalized spacial score (nSPS) is 14.2. The Labute approximate surface area is 149 Å². The van der Waals surface area contributed by atoms with Crippen LogP contribution in [-0.2, 0) is 27.8 Å². The molecule has 10 heteroatoms. The molecular weight excluding hydrogens is 366 g/mol. The Morgan fingerprint density at radius 1 is 1.27 bits per heavy atom. The third-order valence-electron chi connectivity index (χ3n) is 4.03. The molecule has 1 N–H and O–H groups in total. The smallest absolute Gasteiger partial charge is 0.246 e. The Kier molecular flexibility index (Phi) is 5.23. The van der Waals surface area contributed by atoms with E-state index in [0.29, 0.717) is 19.5 Å². The predicted octanol–water partition coefficient (Wildman–Crippen LogP) is 1.01. The van der Waals surface area contributed by atoms with E-state index in [4.69, 9.17) is 0 Å². The topological polar surface area (TPSA) is 92.3 Å². The van der Waals surface area contributed by atoms with Gasteiger partial charge in [0, 0.05) is 44.2 Å². The van der Waals surface area contributed by atoms with Crippen LogP contribution in [0.25, 0.3) is 0 Å². The number of halogens is 2. The Morgan fingerprint density at radius 2 is 2.00 bits per heavy atom. The molecule has 138 valence electrons. The Hall–Kier alpha value is -2.46. The molecule has 1 aliphatic rings. The average Bonchev–Trinajstić information content (AvgIpc) is 2.60. The molecule has 0 spiro atoms. The molecule has 1 aromatic heterocycles. The van der Waals surface area contributed by atoms with E-state index in [2.05, 4.69) is 14.7 Å². The van der Waals surface area contributed by atoms with Gasteiger partial charge in [-0.1, -0.05) is 6.07 Å². The molecule has 0 saturated carbocycles. The number of fused-ring (bicyclic) bond motifs is 1. The summed E-state index contributed by atoms with van der Waals surface area (Å²) in [5, 5.41) is 0. The lowest BCUT2D eigenvalue weighted by molar-refractivity contribution is -0.131. The van der Waals surface area contributed by atoms with Gasteiger partial charge in [-0.3, -0.25) is 4.79 Å². The molecular formula is C16H16F2N4O3S. The standard InChI is InChI=1S/C16H16F2N4O3S/c17-12-2-1-3-13(18)16(12)26(24,25)21-6-4-15(23)22-7-5-14-11(9-22)8-19-10-20-14/h1-3,8,10,21H,4-7,9H2. The minimum absolute atomic E-state index is 0.127. The van der Waals surface area contributed by atoms with Gasteiger partial charge in [-0.2, -0.15) is 0 Å². The molecule has 1 aromatic carbocycles. The lowest BCUT2D eigenvalue weighted by atomic mass is 10.1. The molecule has 0 aliphatic carbocycles. The van der Waals surface area contributed by atoms with Crippen molar-refractivity contribution in [2.75, 3.05) is 13.1 Å². The van der Waals surface area contributed by atoms with Crippen LogP contribution in [0.3, 0.4) is 0 Å². The second kappa shape index (κ2) is 7.42. The first-order chi connectivity index (χ1) is 12.4. The van der Waals surface area contributed by atoms with E-state index in [9.17, 15) is 22.0 Å². The van der Waals surface area contributed by atoms with Crippen molar-refractivity contribution in [2.24, 2.45) is 0 Å². The minimum Gasteiger partial charge on any atom is -0.338 e. The summed E-state index contributed by atoms with van der Waals surface area (Å²) in [7, 11) is -4.39. The number of carbonyl (C=O) groups excluding carboxylic acids is 1. The van der Waals surface area contributed by atoms with Crippen LogP contribution in [0.5, 0.6) is 0 Å². The fourth-order valence-corrected chi connectivity index (χ4v) is 3.91. The van der Waals surface area contributed by atoms with Crippen LogP contribution in [0.1, 0.15) is 17.7 Å². The first kappa shape index (κ1) is 18.3. The molecule has 1 aliphatic heterocycles. The van der Waals surface area contributed by atoms with E-state index in [1.54, 1.807) is 11.1 Å². The molecule has 0 fully saturated rings. The summed E-state index contributed by atoms with van der Waals surface area (Å²) in [6.07, 6.45) is 3.56. The van der Waals surface area contributed by atoms with Crippen LogP contribution in [0.4, 0.5) is 8.78 Å². The highest BCUT2D eigenvalue weighted by Crippen LogP contribution is 2.18. The van der Waals surface area contributed by atoms with Crippen LogP contribution < -0.4 is 4.72 Å². The van der Waals surface area contributed by atoms with Gasteiger partial charge in [0.25, 0.3) is 0 Å². The van der Waals surface area contributed by atoms with Crippen molar-refractivity contribution in [3.8, 4) is 0 Å². The molecule has 2 aromatic rings. The molecule has 0 atom stereocenters. The summed E-state index contributed by atoms with van der Waals surface area (Å²) in [5.74, 6) is -2.64. The Balaban J connectivity index is 1.59. The maximum atomic E-state index is 13.6. The number of benzene rings is 1. The highest BCUT2D eigenvalue weighted by molar-refractivity contribution is 7.89. The van der Waals surface area contributed by atoms with Crippen molar-refractivity contribution in [1.82, 2.24) is 19.6 Å². The number of hydrogen-bond donors (Lipinski definition) is 1. The van der Waals surface area contributed by atoms with Crippen LogP contribution in [0.2, 0.25) is 0 Å². The molecule has 2 heterocycles. The van der Waals surface area contributed by atoms with E-state index in [1.165, 1.54) is 6.33 Å². The minimum atomic E-state index is -4.39. The van der Waals surface area contributed by atoms with E-state index >= 15 is 0 Å². The molecule has 0 saturated heterocycles. The lowest BCUT2D eigenvalue weighted by Crippen LogP contribution is -2.38. The molecule has 0 unspecified atom stereocenters. The van der Waals surface area contributed by atoms with E-state index in [0.717, 1.165) is 29.5 Å². The number of carbonyl (C=O) groups is 1. The van der Waals surface area contributed by atoms with Crippen LogP contribution >= 0.6 is 0 Å². The van der Waals surface area contributed by atoms with Gasteiger partial charge in [-0.15, -0.1) is 0 Å². The number of nitrogens with zero attached hydrogens (tertiary/aromatic N) is 3. The molecule has 26 heavy (non-hydrogen) atoms. The van der Waals surface area contributed by atoms with Gasteiger partial charge in [0.1, 0.15) is 18.0 Å². The summed E-state index contributed by atoms with van der Waals surface area (Å²) in [4.78, 5) is 20.9. The highest BCUT2D eigenvalue weighted by Gasteiger charge is 2.25. The molecule has 3 rings (SSSR count). The molecule has 0 radical (unpaired) electrons.